The van der Waals surface area contributed by atoms with Gasteiger partial charge < -0.3 is 10.1 Å². The van der Waals surface area contributed by atoms with Crippen molar-refractivity contribution in [3.63, 3.8) is 0 Å². The highest BCUT2D eigenvalue weighted by Crippen LogP contribution is 2.25. The Kier molecular flexibility index (Phi) is 4.93. The first kappa shape index (κ1) is 15.7. The van der Waals surface area contributed by atoms with Crippen molar-refractivity contribution in [2.45, 2.75) is 63.5 Å². The summed E-state index contributed by atoms with van der Waals surface area (Å²) in [4.78, 5) is 21.1. The lowest BCUT2D eigenvalue weighted by Crippen LogP contribution is -2.40. The SMILES string of the molecule is COC1CCC(NC(=O)c2nc(Cl)nc3c2CCCC3)CC1. The summed E-state index contributed by atoms with van der Waals surface area (Å²) in [6.45, 7) is 0. The number of amides is 1. The Hall–Kier alpha value is -1.20. The number of rotatable bonds is 3. The van der Waals surface area contributed by atoms with Crippen LogP contribution in [0.4, 0.5) is 0 Å². The number of carbonyl (C=O) groups excluding carboxylic acids is 1. The maximum absolute atomic E-state index is 12.6. The van der Waals surface area contributed by atoms with Gasteiger partial charge in [0, 0.05) is 24.4 Å². The molecule has 1 N–H and O–H groups in total. The van der Waals surface area contributed by atoms with E-state index in [4.69, 9.17) is 16.3 Å². The second-order valence-electron chi connectivity index (χ2n) is 6.16. The zero-order valence-electron chi connectivity index (χ0n) is 12.9. The Morgan fingerprint density at radius 2 is 1.91 bits per heavy atom. The third-order valence-corrected chi connectivity index (χ3v) is 4.88. The molecule has 3 rings (SSSR count). The van der Waals surface area contributed by atoms with E-state index in [1.54, 1.807) is 7.11 Å². The first-order valence-electron chi connectivity index (χ1n) is 8.06. The maximum Gasteiger partial charge on any atom is 0.270 e. The Balaban J connectivity index is 1.71. The van der Waals surface area contributed by atoms with Crippen LogP contribution in [-0.4, -0.2) is 35.1 Å². The fourth-order valence-electron chi connectivity index (χ4n) is 3.45. The van der Waals surface area contributed by atoms with Gasteiger partial charge in [-0.05, 0) is 63.0 Å². The number of aryl methyl sites for hydroxylation is 1. The molecule has 0 saturated heterocycles. The number of carbonyl (C=O) groups is 1. The lowest BCUT2D eigenvalue weighted by molar-refractivity contribution is 0.0598. The van der Waals surface area contributed by atoms with Crippen molar-refractivity contribution in [2.75, 3.05) is 7.11 Å². The predicted molar refractivity (Wildman–Crippen MR) is 84.2 cm³/mol. The quantitative estimate of drug-likeness (QED) is 0.869. The van der Waals surface area contributed by atoms with Crippen LogP contribution >= 0.6 is 11.6 Å². The Bertz CT molecular complexity index is 557. The Morgan fingerprint density at radius 1 is 1.18 bits per heavy atom. The molecule has 1 heterocycles. The first-order valence-corrected chi connectivity index (χ1v) is 8.44. The average Bonchev–Trinajstić information content (AvgIpc) is 2.54. The smallest absolute Gasteiger partial charge is 0.270 e. The topological polar surface area (TPSA) is 64.1 Å². The third kappa shape index (κ3) is 3.41. The van der Waals surface area contributed by atoms with Crippen LogP contribution in [0.5, 0.6) is 0 Å². The molecular weight excluding hydrogens is 302 g/mol. The number of halogens is 1. The van der Waals surface area contributed by atoms with Crippen LogP contribution in [0.15, 0.2) is 0 Å². The summed E-state index contributed by atoms with van der Waals surface area (Å²) in [5, 5.41) is 3.29. The molecule has 0 radical (unpaired) electrons. The highest BCUT2D eigenvalue weighted by molar-refractivity contribution is 6.28. The van der Waals surface area contributed by atoms with Crippen LogP contribution in [0.3, 0.4) is 0 Å². The molecule has 1 amide bonds. The summed E-state index contributed by atoms with van der Waals surface area (Å²) >= 11 is 5.99. The van der Waals surface area contributed by atoms with Crippen molar-refractivity contribution >= 4 is 17.5 Å². The highest BCUT2D eigenvalue weighted by atomic mass is 35.5. The second-order valence-corrected chi connectivity index (χ2v) is 6.49. The van der Waals surface area contributed by atoms with Crippen LogP contribution in [0, 0.1) is 0 Å². The van der Waals surface area contributed by atoms with Gasteiger partial charge in [0.1, 0.15) is 5.69 Å². The molecule has 120 valence electrons. The summed E-state index contributed by atoms with van der Waals surface area (Å²) in [6, 6.07) is 0.201. The molecule has 1 saturated carbocycles. The second kappa shape index (κ2) is 6.92. The standard InChI is InChI=1S/C16H22ClN3O2/c1-22-11-8-6-10(7-9-11)18-15(21)14-12-4-2-3-5-13(12)19-16(17)20-14/h10-11H,2-9H2,1H3,(H,18,21). The van der Waals surface area contributed by atoms with Gasteiger partial charge in [-0.2, -0.15) is 0 Å². The fraction of sp³-hybridized carbons (Fsp3) is 0.688. The van der Waals surface area contributed by atoms with E-state index in [0.29, 0.717) is 11.8 Å². The van der Waals surface area contributed by atoms with E-state index >= 15 is 0 Å². The number of nitrogens with zero attached hydrogens (tertiary/aromatic N) is 2. The van der Waals surface area contributed by atoms with Crippen molar-refractivity contribution in [1.29, 1.82) is 0 Å². The summed E-state index contributed by atoms with van der Waals surface area (Å²) in [5.74, 6) is -0.108. The van der Waals surface area contributed by atoms with Crippen LogP contribution in [0.2, 0.25) is 5.28 Å². The fourth-order valence-corrected chi connectivity index (χ4v) is 3.63. The van der Waals surface area contributed by atoms with Crippen molar-refractivity contribution in [3.05, 3.63) is 22.2 Å². The summed E-state index contributed by atoms with van der Waals surface area (Å²) in [6.07, 6.45) is 8.14. The zero-order chi connectivity index (χ0) is 15.5. The zero-order valence-corrected chi connectivity index (χ0v) is 13.7. The molecule has 2 aliphatic carbocycles. The van der Waals surface area contributed by atoms with Crippen molar-refractivity contribution in [1.82, 2.24) is 15.3 Å². The van der Waals surface area contributed by atoms with E-state index < -0.39 is 0 Å². The largest absolute Gasteiger partial charge is 0.381 e. The molecule has 0 atom stereocenters. The molecule has 0 aromatic carbocycles. The molecule has 1 aromatic heterocycles. The minimum Gasteiger partial charge on any atom is -0.381 e. The molecular formula is C16H22ClN3O2. The molecule has 6 heteroatoms. The molecule has 0 spiro atoms. The number of methoxy groups -OCH3 is 1. The minimum atomic E-state index is -0.108. The first-order chi connectivity index (χ1) is 10.7. The number of aromatic nitrogens is 2. The minimum absolute atomic E-state index is 0.108. The van der Waals surface area contributed by atoms with Gasteiger partial charge >= 0.3 is 0 Å². The number of nitrogens with one attached hydrogen (secondary N) is 1. The summed E-state index contributed by atoms with van der Waals surface area (Å²) in [7, 11) is 1.75. The maximum atomic E-state index is 12.6. The molecule has 0 aliphatic heterocycles. The molecule has 0 bridgehead atoms. The van der Waals surface area contributed by atoms with Crippen LogP contribution < -0.4 is 5.32 Å². The highest BCUT2D eigenvalue weighted by Gasteiger charge is 2.26. The molecule has 22 heavy (non-hydrogen) atoms. The van der Waals surface area contributed by atoms with Gasteiger partial charge in [0.05, 0.1) is 6.10 Å². The average molecular weight is 324 g/mol. The molecule has 2 aliphatic rings. The van der Waals surface area contributed by atoms with Gasteiger partial charge in [-0.25, -0.2) is 9.97 Å². The van der Waals surface area contributed by atoms with Gasteiger partial charge in [0.15, 0.2) is 0 Å². The lowest BCUT2D eigenvalue weighted by Gasteiger charge is -2.28. The third-order valence-electron chi connectivity index (χ3n) is 4.71. The lowest BCUT2D eigenvalue weighted by atomic mass is 9.92. The predicted octanol–water partition coefficient (Wildman–Crippen LogP) is 2.70. The number of fused-ring (bicyclic) bond motifs is 1. The van der Waals surface area contributed by atoms with Crippen LogP contribution in [-0.2, 0) is 17.6 Å². The van der Waals surface area contributed by atoms with Gasteiger partial charge in [-0.3, -0.25) is 4.79 Å². The van der Waals surface area contributed by atoms with Crippen molar-refractivity contribution in [3.8, 4) is 0 Å². The molecule has 0 unspecified atom stereocenters. The Labute approximate surface area is 135 Å². The Morgan fingerprint density at radius 3 is 2.64 bits per heavy atom. The van der Waals surface area contributed by atoms with E-state index in [1.165, 1.54) is 0 Å². The van der Waals surface area contributed by atoms with E-state index in [2.05, 4.69) is 15.3 Å². The van der Waals surface area contributed by atoms with Gasteiger partial charge in [-0.1, -0.05) is 0 Å². The number of ether oxygens (including phenoxy) is 1. The van der Waals surface area contributed by atoms with E-state index in [0.717, 1.165) is 62.6 Å². The van der Waals surface area contributed by atoms with E-state index in [1.807, 2.05) is 0 Å². The monoisotopic (exact) mass is 323 g/mol. The number of hydrogen-bond acceptors (Lipinski definition) is 4. The number of hydrogen-bond donors (Lipinski definition) is 1. The normalized spacial score (nSPS) is 24.6. The van der Waals surface area contributed by atoms with Gasteiger partial charge in [0.2, 0.25) is 5.28 Å². The summed E-state index contributed by atoms with van der Waals surface area (Å²) < 4.78 is 5.37. The summed E-state index contributed by atoms with van der Waals surface area (Å²) in [5.41, 5.74) is 2.40. The van der Waals surface area contributed by atoms with E-state index in [9.17, 15) is 4.79 Å². The molecule has 1 aromatic rings. The van der Waals surface area contributed by atoms with Crippen LogP contribution in [0.25, 0.3) is 0 Å². The van der Waals surface area contributed by atoms with Crippen molar-refractivity contribution in [2.24, 2.45) is 0 Å². The van der Waals surface area contributed by atoms with E-state index in [-0.39, 0.29) is 17.2 Å². The van der Waals surface area contributed by atoms with Crippen LogP contribution in [0.1, 0.15) is 60.3 Å². The molecule has 5 nitrogen and oxygen atoms in total. The molecule has 1 fully saturated rings. The van der Waals surface area contributed by atoms with Gasteiger partial charge in [-0.15, -0.1) is 0 Å². The van der Waals surface area contributed by atoms with Crippen molar-refractivity contribution < 1.29 is 9.53 Å². The van der Waals surface area contributed by atoms with Gasteiger partial charge in [0.25, 0.3) is 5.91 Å².